The van der Waals surface area contributed by atoms with Gasteiger partial charge in [0.25, 0.3) is 5.91 Å². The van der Waals surface area contributed by atoms with Crippen molar-refractivity contribution in [3.8, 4) is 11.1 Å². The van der Waals surface area contributed by atoms with E-state index in [0.717, 1.165) is 51.9 Å². The third-order valence-corrected chi connectivity index (χ3v) is 10.3. The molecule has 0 aliphatic carbocycles. The number of hydrogen-bond donors (Lipinski definition) is 3. The summed E-state index contributed by atoms with van der Waals surface area (Å²) in [6.45, 7) is 4.39. The Hall–Kier alpha value is -4.91. The van der Waals surface area contributed by atoms with Crippen LogP contribution in [-0.2, 0) is 43.6 Å². The molecule has 0 radical (unpaired) electrons. The number of imide groups is 1. The minimum atomic E-state index is -0.977. The molecular weight excluding hydrogens is 674 g/mol. The molecule has 0 spiro atoms. The van der Waals surface area contributed by atoms with Crippen molar-refractivity contribution in [2.24, 2.45) is 5.92 Å². The lowest BCUT2D eigenvalue weighted by atomic mass is 9.90. The number of nitrogens with zero attached hydrogens (tertiary/aromatic N) is 2. The zero-order chi connectivity index (χ0) is 36.9. The number of rotatable bonds is 11. The predicted octanol–water partition coefficient (Wildman–Crippen LogP) is 5.26. The largest absolute Gasteiger partial charge is 0.445 e. The van der Waals surface area contributed by atoms with Crippen molar-refractivity contribution in [3.63, 3.8) is 0 Å². The summed E-state index contributed by atoms with van der Waals surface area (Å²) >= 11 is 0. The van der Waals surface area contributed by atoms with Crippen LogP contribution in [0.2, 0.25) is 0 Å². The van der Waals surface area contributed by atoms with Crippen LogP contribution in [-0.4, -0.2) is 75.8 Å². The zero-order valence-electron chi connectivity index (χ0n) is 29.7. The number of aliphatic hydroxyl groups excluding tert-OH is 2. The van der Waals surface area contributed by atoms with Crippen molar-refractivity contribution in [1.29, 1.82) is 0 Å². The molecule has 276 valence electrons. The van der Waals surface area contributed by atoms with Crippen LogP contribution in [0.1, 0.15) is 60.0 Å². The van der Waals surface area contributed by atoms with E-state index >= 15 is 0 Å². The Bertz CT molecular complexity index is 1890. The maximum Gasteiger partial charge on any atom is 0.408 e. The predicted molar refractivity (Wildman–Crippen MR) is 196 cm³/mol. The van der Waals surface area contributed by atoms with Crippen molar-refractivity contribution >= 4 is 17.9 Å². The van der Waals surface area contributed by atoms with Gasteiger partial charge in [0.1, 0.15) is 12.6 Å². The van der Waals surface area contributed by atoms with Crippen molar-refractivity contribution in [1.82, 2.24) is 15.1 Å². The van der Waals surface area contributed by atoms with Crippen molar-refractivity contribution in [3.05, 3.63) is 131 Å². The van der Waals surface area contributed by atoms with Gasteiger partial charge in [-0.3, -0.25) is 19.4 Å². The molecule has 3 N–H and O–H groups in total. The first-order valence-electron chi connectivity index (χ1n) is 18.2. The number of likely N-dealkylation sites (tertiary alicyclic amines) is 2. The maximum atomic E-state index is 13.2. The van der Waals surface area contributed by atoms with E-state index in [1.54, 1.807) is 0 Å². The van der Waals surface area contributed by atoms with E-state index in [1.807, 2.05) is 103 Å². The van der Waals surface area contributed by atoms with E-state index < -0.39 is 24.3 Å². The molecule has 0 saturated carbocycles. The molecule has 3 aliphatic heterocycles. The van der Waals surface area contributed by atoms with E-state index in [2.05, 4.69) is 17.1 Å². The summed E-state index contributed by atoms with van der Waals surface area (Å²) < 4.78 is 18.5. The molecule has 4 aromatic carbocycles. The van der Waals surface area contributed by atoms with Crippen molar-refractivity contribution in [2.75, 3.05) is 19.6 Å². The molecule has 0 bridgehead atoms. The molecule has 1 unspecified atom stereocenters. The van der Waals surface area contributed by atoms with Crippen LogP contribution in [0.3, 0.4) is 0 Å². The SMILES string of the molecule is C[C@H]1[C@@H](CN2CC[C@H](O)C2)O[C@@H](c2ccc(-c3cccc(CN4C(=O)CC(NC(=O)OCc5ccccc5)C4=O)c3)cc2)O[C@H]1c1ccc(CO)cc1. The highest BCUT2D eigenvalue weighted by Gasteiger charge is 2.41. The van der Waals surface area contributed by atoms with Crippen LogP contribution in [0.15, 0.2) is 103 Å². The van der Waals surface area contributed by atoms with E-state index in [4.69, 9.17) is 14.2 Å². The number of carbonyl (C=O) groups is 3. The fourth-order valence-electron chi connectivity index (χ4n) is 7.29. The van der Waals surface area contributed by atoms with E-state index in [0.29, 0.717) is 13.1 Å². The van der Waals surface area contributed by atoms with E-state index in [1.165, 1.54) is 4.90 Å². The number of hydrogen-bond acceptors (Lipinski definition) is 9. The molecule has 3 amide bonds. The molecule has 3 heterocycles. The molecule has 6 atom stereocenters. The molecule has 11 heteroatoms. The van der Waals surface area contributed by atoms with E-state index in [-0.39, 0.29) is 56.3 Å². The van der Waals surface area contributed by atoms with Gasteiger partial charge in [0.2, 0.25) is 5.91 Å². The minimum absolute atomic E-state index is 0.0252. The number of amides is 3. The van der Waals surface area contributed by atoms with Crippen LogP contribution >= 0.6 is 0 Å². The van der Waals surface area contributed by atoms with Gasteiger partial charge in [0, 0.05) is 31.1 Å². The fraction of sp³-hybridized carbons (Fsp3) is 0.357. The highest BCUT2D eigenvalue weighted by Crippen LogP contribution is 2.42. The van der Waals surface area contributed by atoms with Crippen LogP contribution in [0.4, 0.5) is 4.79 Å². The van der Waals surface area contributed by atoms with Crippen molar-refractivity contribution < 1.29 is 38.8 Å². The molecule has 11 nitrogen and oxygen atoms in total. The quantitative estimate of drug-likeness (QED) is 0.177. The smallest absolute Gasteiger partial charge is 0.408 e. The van der Waals surface area contributed by atoms with Gasteiger partial charge in [-0.1, -0.05) is 104 Å². The van der Waals surface area contributed by atoms with Gasteiger partial charge < -0.3 is 29.7 Å². The van der Waals surface area contributed by atoms with Gasteiger partial charge in [-0.25, -0.2) is 4.79 Å². The molecule has 0 aromatic heterocycles. The number of alkyl carbamates (subject to hydrolysis) is 1. The second-order valence-corrected chi connectivity index (χ2v) is 14.1. The average molecular weight is 720 g/mol. The number of β-amino-alcohol motifs (C(OH)–C–C–N with tert-alkyl or cyclic N) is 1. The summed E-state index contributed by atoms with van der Waals surface area (Å²) in [6, 6.07) is 31.7. The summed E-state index contributed by atoms with van der Waals surface area (Å²) in [5, 5.41) is 22.2. The Morgan fingerprint density at radius 3 is 2.32 bits per heavy atom. The normalized spacial score (nSPS) is 24.8. The average Bonchev–Trinajstić information content (AvgIpc) is 3.71. The first-order chi connectivity index (χ1) is 25.7. The molecule has 3 aliphatic rings. The highest BCUT2D eigenvalue weighted by molar-refractivity contribution is 6.06. The standard InChI is InChI=1S/C42H45N3O8/c1-27-37(24-44-19-18-35(47)23-44)52-41(53-39(27)32-12-10-28(25-46)11-13-32)33-16-14-31(15-17-33)34-9-5-8-30(20-34)22-45-38(48)21-36(40(45)49)43-42(50)51-26-29-6-3-2-4-7-29/h2-17,20,27,35-37,39,41,46-47H,18-19,21-26H2,1H3,(H,43,50)/t27-,35-,36?,37+,39+,41+/m0/s1. The molecule has 3 saturated heterocycles. The fourth-order valence-corrected chi connectivity index (χ4v) is 7.29. The Balaban J connectivity index is 1.01. The Labute approximate surface area is 309 Å². The van der Waals surface area contributed by atoms with Gasteiger partial charge in [-0.15, -0.1) is 0 Å². The topological polar surface area (TPSA) is 138 Å². The van der Waals surface area contributed by atoms with Crippen LogP contribution in [0, 0.1) is 5.92 Å². The third-order valence-electron chi connectivity index (χ3n) is 10.3. The second-order valence-electron chi connectivity index (χ2n) is 14.1. The minimum Gasteiger partial charge on any atom is -0.445 e. The van der Waals surface area contributed by atoms with Gasteiger partial charge >= 0.3 is 6.09 Å². The van der Waals surface area contributed by atoms with E-state index in [9.17, 15) is 24.6 Å². The number of ether oxygens (including phenoxy) is 3. The number of benzene rings is 4. The molecule has 7 rings (SSSR count). The van der Waals surface area contributed by atoms with Gasteiger partial charge in [-0.2, -0.15) is 0 Å². The first kappa shape index (κ1) is 36.4. The zero-order valence-corrected chi connectivity index (χ0v) is 29.7. The molecule has 3 fully saturated rings. The highest BCUT2D eigenvalue weighted by atomic mass is 16.7. The summed E-state index contributed by atoms with van der Waals surface area (Å²) in [5.74, 6) is -0.785. The van der Waals surface area contributed by atoms with Gasteiger partial charge in [-0.05, 0) is 45.9 Å². The summed E-state index contributed by atoms with van der Waals surface area (Å²) in [4.78, 5) is 41.8. The van der Waals surface area contributed by atoms with Gasteiger partial charge in [0.05, 0.1) is 37.9 Å². The van der Waals surface area contributed by atoms with Crippen LogP contribution in [0.5, 0.6) is 0 Å². The molecule has 4 aromatic rings. The molecular formula is C42H45N3O8. The summed E-state index contributed by atoms with van der Waals surface area (Å²) in [7, 11) is 0. The first-order valence-corrected chi connectivity index (χ1v) is 18.2. The monoisotopic (exact) mass is 719 g/mol. The number of carbonyl (C=O) groups excluding carboxylic acids is 3. The molecule has 53 heavy (non-hydrogen) atoms. The van der Waals surface area contributed by atoms with Crippen molar-refractivity contribution in [2.45, 2.75) is 70.2 Å². The second kappa shape index (κ2) is 16.4. The Kier molecular flexibility index (Phi) is 11.3. The van der Waals surface area contributed by atoms with Gasteiger partial charge in [0.15, 0.2) is 6.29 Å². The maximum absolute atomic E-state index is 13.2. The van der Waals surface area contributed by atoms with Crippen LogP contribution in [0.25, 0.3) is 11.1 Å². The lowest BCUT2D eigenvalue weighted by Gasteiger charge is -2.42. The summed E-state index contributed by atoms with van der Waals surface area (Å²) in [5.41, 5.74) is 6.17. The van der Waals surface area contributed by atoms with Crippen LogP contribution < -0.4 is 5.32 Å². The third kappa shape index (κ3) is 8.67. The lowest BCUT2D eigenvalue weighted by molar-refractivity contribution is -0.276. The lowest BCUT2D eigenvalue weighted by Crippen LogP contribution is -2.44. The Morgan fingerprint density at radius 2 is 1.60 bits per heavy atom. The Morgan fingerprint density at radius 1 is 0.868 bits per heavy atom. The number of aliphatic hydroxyl groups is 2. The number of nitrogens with one attached hydrogen (secondary N) is 1. The summed E-state index contributed by atoms with van der Waals surface area (Å²) in [6.07, 6.45) is -1.43.